The molecule has 0 N–H and O–H groups in total. The lowest BCUT2D eigenvalue weighted by Gasteiger charge is -2.35. The molecule has 0 bridgehead atoms. The van der Waals surface area contributed by atoms with Crippen molar-refractivity contribution in [1.82, 2.24) is 24.6 Å². The number of ether oxygens (including phenoxy) is 1. The highest BCUT2D eigenvalue weighted by Gasteiger charge is 2.23. The molecule has 1 saturated heterocycles. The van der Waals surface area contributed by atoms with Crippen LogP contribution in [0.2, 0.25) is 0 Å². The van der Waals surface area contributed by atoms with Crippen LogP contribution >= 0.6 is 0 Å². The molecular formula is C22H24N6O3. The van der Waals surface area contributed by atoms with Gasteiger partial charge < -0.3 is 14.5 Å². The number of amides is 1. The quantitative estimate of drug-likeness (QED) is 0.615. The molecule has 31 heavy (non-hydrogen) atoms. The van der Waals surface area contributed by atoms with Crippen LogP contribution in [0.1, 0.15) is 5.69 Å². The highest BCUT2D eigenvalue weighted by atomic mass is 16.5. The lowest BCUT2D eigenvalue weighted by Crippen LogP contribution is -2.50. The Hall–Kier alpha value is -3.75. The van der Waals surface area contributed by atoms with E-state index < -0.39 is 0 Å². The van der Waals surface area contributed by atoms with Crippen molar-refractivity contribution in [3.63, 3.8) is 0 Å². The van der Waals surface area contributed by atoms with Crippen LogP contribution in [0.5, 0.6) is 5.75 Å². The van der Waals surface area contributed by atoms with Gasteiger partial charge in [-0.05, 0) is 37.3 Å². The number of carbonyl (C=O) groups is 1. The van der Waals surface area contributed by atoms with Crippen molar-refractivity contribution in [2.24, 2.45) is 0 Å². The van der Waals surface area contributed by atoms with Gasteiger partial charge in [-0.3, -0.25) is 9.59 Å². The van der Waals surface area contributed by atoms with Gasteiger partial charge in [0.1, 0.15) is 24.4 Å². The summed E-state index contributed by atoms with van der Waals surface area (Å²) in [6.45, 7) is 4.17. The molecule has 0 atom stereocenters. The number of benzene rings is 1. The maximum Gasteiger partial charge on any atom is 0.267 e. The summed E-state index contributed by atoms with van der Waals surface area (Å²) in [5.74, 6) is 1.51. The number of aromatic nitrogens is 4. The van der Waals surface area contributed by atoms with Gasteiger partial charge in [0.25, 0.3) is 5.56 Å². The van der Waals surface area contributed by atoms with E-state index in [2.05, 4.69) is 20.0 Å². The van der Waals surface area contributed by atoms with E-state index in [1.807, 2.05) is 30.3 Å². The first-order chi connectivity index (χ1) is 15.0. The molecule has 0 spiro atoms. The minimum atomic E-state index is -0.273. The summed E-state index contributed by atoms with van der Waals surface area (Å²) in [6, 6.07) is 12.8. The number of nitrogens with zero attached hydrogens (tertiary/aromatic N) is 6. The van der Waals surface area contributed by atoms with Crippen molar-refractivity contribution in [2.75, 3.05) is 38.2 Å². The lowest BCUT2D eigenvalue weighted by atomic mass is 10.1. The summed E-state index contributed by atoms with van der Waals surface area (Å²) in [6.07, 6.45) is 1.56. The van der Waals surface area contributed by atoms with Gasteiger partial charge in [-0.15, -0.1) is 0 Å². The average Bonchev–Trinajstić information content (AvgIpc) is 2.81. The second kappa shape index (κ2) is 8.95. The lowest BCUT2D eigenvalue weighted by molar-refractivity contribution is -0.132. The molecule has 3 heterocycles. The van der Waals surface area contributed by atoms with Gasteiger partial charge in [-0.2, -0.15) is 5.10 Å². The summed E-state index contributed by atoms with van der Waals surface area (Å²) < 4.78 is 6.43. The highest BCUT2D eigenvalue weighted by molar-refractivity contribution is 5.76. The Morgan fingerprint density at radius 3 is 2.48 bits per heavy atom. The van der Waals surface area contributed by atoms with Crippen LogP contribution in [0.4, 0.5) is 5.82 Å². The maximum atomic E-state index is 12.6. The number of methoxy groups -OCH3 is 1. The zero-order valence-electron chi connectivity index (χ0n) is 17.6. The first kappa shape index (κ1) is 20.5. The Kier molecular flexibility index (Phi) is 5.92. The first-order valence-electron chi connectivity index (χ1n) is 10.1. The fourth-order valence-electron chi connectivity index (χ4n) is 3.52. The van der Waals surface area contributed by atoms with Crippen LogP contribution in [0.25, 0.3) is 11.3 Å². The van der Waals surface area contributed by atoms with Crippen LogP contribution < -0.4 is 15.2 Å². The number of piperazine rings is 1. The highest BCUT2D eigenvalue weighted by Crippen LogP contribution is 2.23. The average molecular weight is 420 g/mol. The minimum Gasteiger partial charge on any atom is -0.497 e. The zero-order chi connectivity index (χ0) is 21.8. The third kappa shape index (κ3) is 4.71. The fraction of sp³-hybridized carbons (Fsp3) is 0.318. The maximum absolute atomic E-state index is 12.6. The summed E-state index contributed by atoms with van der Waals surface area (Å²) in [7, 11) is 1.64. The molecule has 9 heteroatoms. The second-order valence-corrected chi connectivity index (χ2v) is 7.33. The van der Waals surface area contributed by atoms with E-state index >= 15 is 0 Å². The predicted octanol–water partition coefficient (Wildman–Crippen LogP) is 1.37. The molecule has 1 fully saturated rings. The summed E-state index contributed by atoms with van der Waals surface area (Å²) in [5, 5.41) is 4.14. The van der Waals surface area contributed by atoms with Crippen LogP contribution in [0, 0.1) is 6.92 Å². The van der Waals surface area contributed by atoms with Gasteiger partial charge in [0, 0.05) is 43.9 Å². The Balaban J connectivity index is 1.40. The molecule has 1 amide bonds. The summed E-state index contributed by atoms with van der Waals surface area (Å²) >= 11 is 0. The molecule has 2 aromatic heterocycles. The molecular weight excluding hydrogens is 396 g/mol. The second-order valence-electron chi connectivity index (χ2n) is 7.33. The number of hydrogen-bond donors (Lipinski definition) is 0. The zero-order valence-corrected chi connectivity index (χ0v) is 17.6. The van der Waals surface area contributed by atoms with E-state index in [1.165, 1.54) is 10.7 Å². The molecule has 4 rings (SSSR count). The van der Waals surface area contributed by atoms with Crippen molar-refractivity contribution >= 4 is 11.7 Å². The van der Waals surface area contributed by atoms with Gasteiger partial charge in [-0.1, -0.05) is 0 Å². The molecule has 0 unspecified atom stereocenters. The van der Waals surface area contributed by atoms with Crippen molar-refractivity contribution in [3.05, 3.63) is 64.8 Å². The van der Waals surface area contributed by atoms with Gasteiger partial charge >= 0.3 is 0 Å². The van der Waals surface area contributed by atoms with Crippen molar-refractivity contribution in [1.29, 1.82) is 0 Å². The number of anilines is 1. The van der Waals surface area contributed by atoms with Crippen LogP contribution in [0.3, 0.4) is 0 Å². The SMILES string of the molecule is COc1ccc(-c2cc(N3CCN(C(=O)Cn4nc(C)ccc4=O)CC3)ncn2)cc1. The minimum absolute atomic E-state index is 0.0460. The predicted molar refractivity (Wildman–Crippen MR) is 116 cm³/mol. The molecule has 1 aliphatic heterocycles. The Morgan fingerprint density at radius 2 is 1.77 bits per heavy atom. The van der Waals surface area contributed by atoms with Crippen molar-refractivity contribution in [3.8, 4) is 17.0 Å². The fourth-order valence-corrected chi connectivity index (χ4v) is 3.52. The Labute approximate surface area is 179 Å². The number of rotatable bonds is 5. The summed E-state index contributed by atoms with van der Waals surface area (Å²) in [4.78, 5) is 37.2. The molecule has 0 aliphatic carbocycles. The molecule has 9 nitrogen and oxygen atoms in total. The molecule has 160 valence electrons. The van der Waals surface area contributed by atoms with Crippen molar-refractivity contribution in [2.45, 2.75) is 13.5 Å². The van der Waals surface area contributed by atoms with E-state index in [0.717, 1.165) is 22.8 Å². The molecule has 0 saturated carbocycles. The van der Waals surface area contributed by atoms with Crippen LogP contribution in [-0.4, -0.2) is 63.8 Å². The Morgan fingerprint density at radius 1 is 1.03 bits per heavy atom. The number of hydrogen-bond acceptors (Lipinski definition) is 7. The van der Waals surface area contributed by atoms with E-state index in [1.54, 1.807) is 31.3 Å². The molecule has 0 radical (unpaired) electrons. The topological polar surface area (TPSA) is 93.5 Å². The van der Waals surface area contributed by atoms with E-state index in [4.69, 9.17) is 4.74 Å². The first-order valence-corrected chi connectivity index (χ1v) is 10.1. The third-order valence-corrected chi connectivity index (χ3v) is 5.28. The van der Waals surface area contributed by atoms with Gasteiger partial charge in [0.2, 0.25) is 5.91 Å². The number of aryl methyl sites for hydroxylation is 1. The largest absolute Gasteiger partial charge is 0.497 e. The normalized spacial score (nSPS) is 13.9. The van der Waals surface area contributed by atoms with Crippen molar-refractivity contribution < 1.29 is 9.53 Å². The smallest absolute Gasteiger partial charge is 0.267 e. The monoisotopic (exact) mass is 420 g/mol. The summed E-state index contributed by atoms with van der Waals surface area (Å²) in [5.41, 5.74) is 2.24. The van der Waals surface area contributed by atoms with Gasteiger partial charge in [0.15, 0.2) is 0 Å². The Bertz CT molecular complexity index is 1120. The van der Waals surface area contributed by atoms with Crippen LogP contribution in [0.15, 0.2) is 53.6 Å². The van der Waals surface area contributed by atoms with Gasteiger partial charge in [0.05, 0.1) is 18.5 Å². The third-order valence-electron chi connectivity index (χ3n) is 5.28. The molecule has 1 aromatic carbocycles. The van der Waals surface area contributed by atoms with E-state index in [0.29, 0.717) is 31.9 Å². The van der Waals surface area contributed by atoms with E-state index in [9.17, 15) is 9.59 Å². The standard InChI is InChI=1S/C22H24N6O3/c1-16-3-8-21(29)28(25-16)14-22(30)27-11-9-26(10-12-27)20-13-19(23-15-24-20)17-4-6-18(31-2)7-5-17/h3-8,13,15H,9-12,14H2,1-2H3. The van der Waals surface area contributed by atoms with Gasteiger partial charge in [-0.25, -0.2) is 14.6 Å². The molecule has 1 aliphatic rings. The van der Waals surface area contributed by atoms with E-state index in [-0.39, 0.29) is 18.0 Å². The van der Waals surface area contributed by atoms with Crippen LogP contribution in [-0.2, 0) is 11.3 Å². The number of carbonyl (C=O) groups excluding carboxylic acids is 1. The molecule has 3 aromatic rings.